The third-order valence-corrected chi connectivity index (χ3v) is 3.51. The smallest absolute Gasteiger partial charge is 0.321 e. The van der Waals surface area contributed by atoms with Gasteiger partial charge in [0.15, 0.2) is 6.61 Å². The van der Waals surface area contributed by atoms with Crippen LogP contribution in [0.25, 0.3) is 0 Å². The maximum atomic E-state index is 11.6. The zero-order chi connectivity index (χ0) is 15.1. The molecule has 0 saturated carbocycles. The molecule has 0 saturated heterocycles. The number of benzene rings is 1. The predicted molar refractivity (Wildman–Crippen MR) is 80.4 cm³/mol. The number of fused-ring (bicyclic) bond motifs is 1. The molecule has 1 aromatic rings. The van der Waals surface area contributed by atoms with Crippen molar-refractivity contribution in [1.29, 1.82) is 0 Å². The van der Waals surface area contributed by atoms with Crippen LogP contribution in [0.5, 0.6) is 5.75 Å². The van der Waals surface area contributed by atoms with Crippen molar-refractivity contribution in [2.45, 2.75) is 39.0 Å². The Balaban J connectivity index is 1.72. The highest BCUT2D eigenvalue weighted by Crippen LogP contribution is 2.25. The maximum Gasteiger partial charge on any atom is 0.321 e. The van der Waals surface area contributed by atoms with Crippen molar-refractivity contribution >= 4 is 11.9 Å². The third-order valence-electron chi connectivity index (χ3n) is 3.51. The topological polar surface area (TPSA) is 67.4 Å². The Morgan fingerprint density at radius 3 is 2.86 bits per heavy atom. The van der Waals surface area contributed by atoms with E-state index in [2.05, 4.69) is 10.6 Å². The van der Waals surface area contributed by atoms with E-state index in [0.717, 1.165) is 25.7 Å². The molecular formula is C16H22N2O3. The molecule has 0 bridgehead atoms. The second-order valence-electron chi connectivity index (χ2n) is 5.23. The molecule has 0 aromatic heterocycles. The molecule has 5 heteroatoms. The fraction of sp³-hybridized carbons (Fsp3) is 0.500. The molecule has 3 amide bonds. The number of carbonyl (C=O) groups excluding carboxylic acids is 2. The lowest BCUT2D eigenvalue weighted by atomic mass is 10.1. The van der Waals surface area contributed by atoms with Crippen molar-refractivity contribution in [3.8, 4) is 5.75 Å². The number of nitrogens with one attached hydrogen (secondary N) is 2. The first kappa shape index (κ1) is 15.4. The Morgan fingerprint density at radius 2 is 2.05 bits per heavy atom. The van der Waals surface area contributed by atoms with E-state index in [9.17, 15) is 9.59 Å². The normalized spacial score (nSPS) is 12.6. The Kier molecular flexibility index (Phi) is 5.60. The number of amides is 3. The van der Waals surface area contributed by atoms with Gasteiger partial charge in [-0.1, -0.05) is 19.4 Å². The number of ether oxygens (including phenoxy) is 1. The van der Waals surface area contributed by atoms with Crippen LogP contribution < -0.4 is 15.4 Å². The molecule has 21 heavy (non-hydrogen) atoms. The van der Waals surface area contributed by atoms with Crippen LogP contribution in [0.15, 0.2) is 18.2 Å². The van der Waals surface area contributed by atoms with Crippen molar-refractivity contribution in [3.05, 3.63) is 29.3 Å². The van der Waals surface area contributed by atoms with E-state index in [1.54, 1.807) is 0 Å². The molecule has 0 spiro atoms. The molecule has 1 aromatic carbocycles. The fourth-order valence-electron chi connectivity index (χ4n) is 2.37. The number of urea groups is 1. The van der Waals surface area contributed by atoms with Crippen LogP contribution in [-0.2, 0) is 17.6 Å². The van der Waals surface area contributed by atoms with Crippen LogP contribution in [0.3, 0.4) is 0 Å². The molecule has 0 atom stereocenters. The largest absolute Gasteiger partial charge is 0.484 e. The standard InChI is InChI=1S/C16H22N2O3/c1-2-3-9-17-16(20)18-15(19)11-21-14-8-7-12-5-4-6-13(12)10-14/h7-8,10H,2-6,9,11H2,1H3,(H2,17,18,19,20). The first-order valence-electron chi connectivity index (χ1n) is 7.51. The third kappa shape index (κ3) is 4.77. The van der Waals surface area contributed by atoms with Gasteiger partial charge in [0.05, 0.1) is 0 Å². The average Bonchev–Trinajstić information content (AvgIpc) is 2.93. The minimum atomic E-state index is -0.467. The molecule has 0 unspecified atom stereocenters. The van der Waals surface area contributed by atoms with Gasteiger partial charge in [0.1, 0.15) is 5.75 Å². The van der Waals surface area contributed by atoms with E-state index in [1.165, 1.54) is 17.5 Å². The minimum Gasteiger partial charge on any atom is -0.484 e. The molecule has 1 aliphatic rings. The summed E-state index contributed by atoms with van der Waals surface area (Å²) in [6.45, 7) is 2.45. The van der Waals surface area contributed by atoms with Crippen molar-refractivity contribution in [2.75, 3.05) is 13.2 Å². The van der Waals surface area contributed by atoms with Crippen molar-refractivity contribution in [1.82, 2.24) is 10.6 Å². The van der Waals surface area contributed by atoms with Gasteiger partial charge in [0, 0.05) is 6.54 Å². The SMILES string of the molecule is CCCCNC(=O)NC(=O)COc1ccc2c(c1)CCC2. The summed E-state index contributed by atoms with van der Waals surface area (Å²) in [5.74, 6) is 0.238. The number of unbranched alkanes of at least 4 members (excludes halogenated alkanes) is 1. The zero-order valence-corrected chi connectivity index (χ0v) is 12.4. The predicted octanol–water partition coefficient (Wildman–Crippen LogP) is 2.18. The number of hydrogen-bond donors (Lipinski definition) is 2. The van der Waals surface area contributed by atoms with Gasteiger partial charge in [0.25, 0.3) is 5.91 Å². The van der Waals surface area contributed by atoms with Crippen LogP contribution in [0, 0.1) is 0 Å². The van der Waals surface area contributed by atoms with Gasteiger partial charge in [-0.2, -0.15) is 0 Å². The van der Waals surface area contributed by atoms with Crippen LogP contribution >= 0.6 is 0 Å². The molecule has 0 fully saturated rings. The molecule has 0 heterocycles. The Bertz CT molecular complexity index is 514. The molecule has 2 N–H and O–H groups in total. The molecule has 5 nitrogen and oxygen atoms in total. The molecule has 0 aliphatic heterocycles. The minimum absolute atomic E-state index is 0.153. The number of hydrogen-bond acceptors (Lipinski definition) is 3. The van der Waals surface area contributed by atoms with Crippen molar-refractivity contribution < 1.29 is 14.3 Å². The monoisotopic (exact) mass is 290 g/mol. The second kappa shape index (κ2) is 7.67. The zero-order valence-electron chi connectivity index (χ0n) is 12.4. The van der Waals surface area contributed by atoms with Crippen molar-refractivity contribution in [3.63, 3.8) is 0 Å². The van der Waals surface area contributed by atoms with E-state index in [1.807, 2.05) is 25.1 Å². The van der Waals surface area contributed by atoms with Gasteiger partial charge in [-0.3, -0.25) is 10.1 Å². The Hall–Kier alpha value is -2.04. The lowest BCUT2D eigenvalue weighted by Crippen LogP contribution is -2.41. The summed E-state index contributed by atoms with van der Waals surface area (Å²) in [5, 5.41) is 4.87. The van der Waals surface area contributed by atoms with Gasteiger partial charge >= 0.3 is 6.03 Å². The van der Waals surface area contributed by atoms with Crippen LogP contribution in [0.4, 0.5) is 4.79 Å². The Labute approximate surface area is 125 Å². The summed E-state index contributed by atoms with van der Waals surface area (Å²) in [5.41, 5.74) is 2.66. The van der Waals surface area contributed by atoms with Crippen LogP contribution in [0.1, 0.15) is 37.3 Å². The molecule has 2 rings (SSSR count). The fourth-order valence-corrected chi connectivity index (χ4v) is 2.37. The van der Waals surface area contributed by atoms with Crippen LogP contribution in [-0.4, -0.2) is 25.1 Å². The lowest BCUT2D eigenvalue weighted by molar-refractivity contribution is -0.122. The Morgan fingerprint density at radius 1 is 1.24 bits per heavy atom. The molecule has 114 valence electrons. The number of carbonyl (C=O) groups is 2. The maximum absolute atomic E-state index is 11.6. The summed E-state index contributed by atoms with van der Waals surface area (Å²) in [6, 6.07) is 5.44. The van der Waals surface area contributed by atoms with Gasteiger partial charge < -0.3 is 10.1 Å². The molecule has 0 radical (unpaired) electrons. The summed E-state index contributed by atoms with van der Waals surface area (Å²) in [6.07, 6.45) is 5.26. The average molecular weight is 290 g/mol. The summed E-state index contributed by atoms with van der Waals surface area (Å²) in [7, 11) is 0. The highest BCUT2D eigenvalue weighted by molar-refractivity contribution is 5.94. The lowest BCUT2D eigenvalue weighted by Gasteiger charge is -2.09. The quantitative estimate of drug-likeness (QED) is 0.789. The van der Waals surface area contributed by atoms with E-state index in [-0.39, 0.29) is 6.61 Å². The second-order valence-corrected chi connectivity index (χ2v) is 5.23. The van der Waals surface area contributed by atoms with E-state index < -0.39 is 11.9 Å². The number of imide groups is 1. The first-order chi connectivity index (χ1) is 10.2. The summed E-state index contributed by atoms with van der Waals surface area (Å²) >= 11 is 0. The molecule has 1 aliphatic carbocycles. The highest BCUT2D eigenvalue weighted by atomic mass is 16.5. The summed E-state index contributed by atoms with van der Waals surface area (Å²) in [4.78, 5) is 23.0. The summed E-state index contributed by atoms with van der Waals surface area (Å²) < 4.78 is 5.43. The van der Waals surface area contributed by atoms with Crippen molar-refractivity contribution in [2.24, 2.45) is 0 Å². The van der Waals surface area contributed by atoms with Gasteiger partial charge in [0.2, 0.25) is 0 Å². The van der Waals surface area contributed by atoms with Gasteiger partial charge in [-0.25, -0.2) is 4.79 Å². The van der Waals surface area contributed by atoms with Gasteiger partial charge in [-0.05, 0) is 48.9 Å². The van der Waals surface area contributed by atoms with Gasteiger partial charge in [-0.15, -0.1) is 0 Å². The first-order valence-corrected chi connectivity index (χ1v) is 7.51. The van der Waals surface area contributed by atoms with E-state index >= 15 is 0 Å². The number of rotatable bonds is 6. The highest BCUT2D eigenvalue weighted by Gasteiger charge is 2.12. The van der Waals surface area contributed by atoms with E-state index in [4.69, 9.17) is 4.74 Å². The molecular weight excluding hydrogens is 268 g/mol. The van der Waals surface area contributed by atoms with E-state index in [0.29, 0.717) is 12.3 Å². The number of aryl methyl sites for hydroxylation is 2. The van der Waals surface area contributed by atoms with Crippen LogP contribution in [0.2, 0.25) is 0 Å².